The molecule has 276 valence electrons. The fraction of sp³-hybridized carbons (Fsp3) is 0.151. The first-order valence-corrected chi connectivity index (χ1v) is 20.0. The summed E-state index contributed by atoms with van der Waals surface area (Å²) in [5.41, 5.74) is 13.9. The molecule has 0 spiro atoms. The standard InChI is InChI=1S/C53H44N4/c1-52(2)27-28-53(3,4)46-34-48-44(33-45(46)52)43-25-14-15-26-47(43)57(48)42-24-16-23-38(32-42)50-54-49(37-21-12-7-13-22-37)55-51(56-50)41-30-39(35-17-8-5-9-18-35)29-40(31-41)36-19-10-6-11-20-36/h5-26,29-34H,27-28H2,1-4H3. The zero-order valence-corrected chi connectivity index (χ0v) is 32.9. The van der Waals surface area contributed by atoms with Crippen LogP contribution in [0.5, 0.6) is 0 Å². The molecule has 0 unspecified atom stereocenters. The lowest BCUT2D eigenvalue weighted by Crippen LogP contribution is -2.33. The van der Waals surface area contributed by atoms with Gasteiger partial charge in [0.15, 0.2) is 17.5 Å². The van der Waals surface area contributed by atoms with Gasteiger partial charge in [0.05, 0.1) is 11.0 Å². The van der Waals surface area contributed by atoms with Crippen molar-refractivity contribution in [2.75, 3.05) is 0 Å². The average molecular weight is 737 g/mol. The molecule has 0 radical (unpaired) electrons. The molecule has 7 aromatic carbocycles. The van der Waals surface area contributed by atoms with E-state index in [1.165, 1.54) is 45.8 Å². The Morgan fingerprint density at radius 2 is 0.842 bits per heavy atom. The Balaban J connectivity index is 1.18. The first-order valence-electron chi connectivity index (χ1n) is 20.0. The monoisotopic (exact) mass is 736 g/mol. The summed E-state index contributed by atoms with van der Waals surface area (Å²) in [4.78, 5) is 15.6. The number of hydrogen-bond donors (Lipinski definition) is 0. The average Bonchev–Trinajstić information content (AvgIpc) is 3.59. The van der Waals surface area contributed by atoms with Crippen LogP contribution in [0.2, 0.25) is 0 Å². The van der Waals surface area contributed by atoms with Crippen LogP contribution in [-0.2, 0) is 10.8 Å². The van der Waals surface area contributed by atoms with Gasteiger partial charge in [-0.3, -0.25) is 0 Å². The fourth-order valence-corrected chi connectivity index (χ4v) is 8.79. The molecule has 0 N–H and O–H groups in total. The minimum absolute atomic E-state index is 0.0927. The van der Waals surface area contributed by atoms with E-state index in [0.717, 1.165) is 44.6 Å². The van der Waals surface area contributed by atoms with Gasteiger partial charge in [0.25, 0.3) is 0 Å². The van der Waals surface area contributed by atoms with Gasteiger partial charge in [-0.25, -0.2) is 15.0 Å². The van der Waals surface area contributed by atoms with E-state index >= 15 is 0 Å². The molecule has 0 fully saturated rings. The molecule has 10 rings (SSSR count). The van der Waals surface area contributed by atoms with E-state index in [4.69, 9.17) is 15.0 Å². The summed E-state index contributed by atoms with van der Waals surface area (Å²) in [7, 11) is 0. The van der Waals surface area contributed by atoms with Crippen LogP contribution in [-0.4, -0.2) is 19.5 Å². The summed E-state index contributed by atoms with van der Waals surface area (Å²) in [6.07, 6.45) is 2.35. The summed E-state index contributed by atoms with van der Waals surface area (Å²) in [5, 5.41) is 2.56. The van der Waals surface area contributed by atoms with Crippen LogP contribution in [0.25, 0.3) is 83.9 Å². The maximum absolute atomic E-state index is 5.28. The van der Waals surface area contributed by atoms with Crippen LogP contribution in [0.15, 0.2) is 170 Å². The largest absolute Gasteiger partial charge is 0.309 e. The third-order valence-corrected chi connectivity index (χ3v) is 12.1. The van der Waals surface area contributed by atoms with Gasteiger partial charge in [-0.15, -0.1) is 0 Å². The van der Waals surface area contributed by atoms with E-state index in [0.29, 0.717) is 17.5 Å². The lowest BCUT2D eigenvalue weighted by Gasteiger charge is -2.42. The van der Waals surface area contributed by atoms with Crippen LogP contribution in [0, 0.1) is 0 Å². The van der Waals surface area contributed by atoms with Crippen molar-refractivity contribution in [1.82, 2.24) is 19.5 Å². The highest BCUT2D eigenvalue weighted by molar-refractivity contribution is 6.10. The zero-order chi connectivity index (χ0) is 38.7. The van der Waals surface area contributed by atoms with Gasteiger partial charge in [-0.2, -0.15) is 0 Å². The maximum Gasteiger partial charge on any atom is 0.164 e. The van der Waals surface area contributed by atoms with E-state index in [2.05, 4.69) is 184 Å². The Bertz CT molecular complexity index is 2880. The molecule has 4 nitrogen and oxygen atoms in total. The van der Waals surface area contributed by atoms with Crippen LogP contribution in [0.4, 0.5) is 0 Å². The highest BCUT2D eigenvalue weighted by atomic mass is 15.0. The number of aromatic nitrogens is 4. The minimum atomic E-state index is 0.0927. The zero-order valence-electron chi connectivity index (χ0n) is 32.9. The molecule has 0 amide bonds. The molecule has 1 aliphatic carbocycles. The van der Waals surface area contributed by atoms with Crippen molar-refractivity contribution in [3.63, 3.8) is 0 Å². The SMILES string of the molecule is CC1(C)CCC(C)(C)c2cc3c(cc21)c1ccccc1n3-c1cccc(-c2nc(-c3ccccc3)nc(-c3cc(-c4ccccc4)cc(-c4ccccc4)c3)n2)c1. The van der Waals surface area contributed by atoms with Crippen molar-refractivity contribution in [3.8, 4) is 62.1 Å². The van der Waals surface area contributed by atoms with Gasteiger partial charge in [0.2, 0.25) is 0 Å². The van der Waals surface area contributed by atoms with E-state index in [-0.39, 0.29) is 10.8 Å². The summed E-state index contributed by atoms with van der Waals surface area (Å²) in [6, 6.07) is 60.4. The number of para-hydroxylation sites is 1. The Morgan fingerprint density at radius 1 is 0.368 bits per heavy atom. The second-order valence-corrected chi connectivity index (χ2v) is 16.8. The van der Waals surface area contributed by atoms with Crippen molar-refractivity contribution in [1.29, 1.82) is 0 Å². The third kappa shape index (κ3) is 6.22. The van der Waals surface area contributed by atoms with Crippen LogP contribution >= 0.6 is 0 Å². The molecule has 9 aromatic rings. The van der Waals surface area contributed by atoms with Gasteiger partial charge < -0.3 is 4.57 Å². The summed E-state index contributed by atoms with van der Waals surface area (Å²) in [6.45, 7) is 9.62. The molecule has 0 aliphatic heterocycles. The Labute approximate surface area is 334 Å². The van der Waals surface area contributed by atoms with Crippen molar-refractivity contribution in [2.45, 2.75) is 51.4 Å². The molecule has 0 saturated heterocycles. The number of benzene rings is 7. The van der Waals surface area contributed by atoms with Gasteiger partial charge in [0.1, 0.15) is 0 Å². The predicted molar refractivity (Wildman–Crippen MR) is 237 cm³/mol. The Kier molecular flexibility index (Phi) is 8.26. The number of rotatable bonds is 6. The van der Waals surface area contributed by atoms with Crippen molar-refractivity contribution >= 4 is 21.8 Å². The lowest BCUT2D eigenvalue weighted by molar-refractivity contribution is 0.332. The van der Waals surface area contributed by atoms with E-state index < -0.39 is 0 Å². The number of hydrogen-bond acceptors (Lipinski definition) is 3. The number of fused-ring (bicyclic) bond motifs is 4. The van der Waals surface area contributed by atoms with Crippen molar-refractivity contribution < 1.29 is 0 Å². The molecule has 1 aliphatic rings. The molecule has 0 saturated carbocycles. The van der Waals surface area contributed by atoms with E-state index in [1.807, 2.05) is 18.2 Å². The molecule has 0 atom stereocenters. The second-order valence-electron chi connectivity index (χ2n) is 16.8. The van der Waals surface area contributed by atoms with E-state index in [9.17, 15) is 0 Å². The van der Waals surface area contributed by atoms with Gasteiger partial charge in [0, 0.05) is 33.2 Å². The molecule has 57 heavy (non-hydrogen) atoms. The van der Waals surface area contributed by atoms with Gasteiger partial charge in [-0.05, 0) is 106 Å². The maximum atomic E-state index is 5.28. The smallest absolute Gasteiger partial charge is 0.164 e. The van der Waals surface area contributed by atoms with Crippen LogP contribution < -0.4 is 0 Å². The summed E-state index contributed by atoms with van der Waals surface area (Å²) < 4.78 is 2.43. The highest BCUT2D eigenvalue weighted by Crippen LogP contribution is 2.48. The molecule has 2 heterocycles. The highest BCUT2D eigenvalue weighted by Gasteiger charge is 2.38. The molecular formula is C53H44N4. The number of nitrogens with zero attached hydrogens (tertiary/aromatic N) is 4. The third-order valence-electron chi connectivity index (χ3n) is 12.1. The van der Waals surface area contributed by atoms with Crippen LogP contribution in [0.1, 0.15) is 51.7 Å². The summed E-state index contributed by atoms with van der Waals surface area (Å²) >= 11 is 0. The quantitative estimate of drug-likeness (QED) is 0.171. The molecule has 2 aromatic heterocycles. The summed E-state index contributed by atoms with van der Waals surface area (Å²) in [5.74, 6) is 1.90. The normalized spacial score (nSPS) is 14.5. The fourth-order valence-electron chi connectivity index (χ4n) is 8.79. The van der Waals surface area contributed by atoms with Gasteiger partial charge in [-0.1, -0.05) is 149 Å². The molecule has 4 heteroatoms. The minimum Gasteiger partial charge on any atom is -0.309 e. The first kappa shape index (κ1) is 34.8. The molecular weight excluding hydrogens is 693 g/mol. The molecule has 0 bridgehead atoms. The van der Waals surface area contributed by atoms with Gasteiger partial charge >= 0.3 is 0 Å². The van der Waals surface area contributed by atoms with Crippen molar-refractivity contribution in [2.24, 2.45) is 0 Å². The lowest BCUT2D eigenvalue weighted by atomic mass is 9.63. The van der Waals surface area contributed by atoms with E-state index in [1.54, 1.807) is 0 Å². The topological polar surface area (TPSA) is 43.6 Å². The van der Waals surface area contributed by atoms with Crippen molar-refractivity contribution in [3.05, 3.63) is 181 Å². The Morgan fingerprint density at radius 3 is 1.46 bits per heavy atom. The first-order chi connectivity index (χ1) is 27.7. The Hall–Kier alpha value is -6.65. The van der Waals surface area contributed by atoms with Crippen LogP contribution in [0.3, 0.4) is 0 Å². The predicted octanol–water partition coefficient (Wildman–Crippen LogP) is 13.7. The second kappa shape index (κ2) is 13.5.